The average Bonchev–Trinajstić information content (AvgIpc) is 3.30. The van der Waals surface area contributed by atoms with Crippen LogP contribution >= 0.6 is 0 Å². The number of nitrogens with one attached hydrogen (secondary N) is 3. The number of urea groups is 1. The predicted molar refractivity (Wildman–Crippen MR) is 113 cm³/mol. The van der Waals surface area contributed by atoms with E-state index >= 15 is 0 Å². The highest BCUT2D eigenvalue weighted by molar-refractivity contribution is 5.99. The summed E-state index contributed by atoms with van der Waals surface area (Å²) >= 11 is 0. The van der Waals surface area contributed by atoms with E-state index in [0.29, 0.717) is 23.0 Å². The predicted octanol–water partition coefficient (Wildman–Crippen LogP) is 5.07. The molecular formula is C21H16F3N7O. The molecule has 2 aromatic heterocycles. The third-order valence-corrected chi connectivity index (χ3v) is 4.25. The zero-order valence-electron chi connectivity index (χ0n) is 16.3. The fraction of sp³-hybridized carbons (Fsp3) is 0.0476. The van der Waals surface area contributed by atoms with E-state index in [1.165, 1.54) is 18.5 Å². The summed E-state index contributed by atoms with van der Waals surface area (Å²) in [5.74, 6) is 1.14. The van der Waals surface area contributed by atoms with Crippen molar-refractivity contribution in [2.75, 3.05) is 16.0 Å². The standard InChI is InChI=1S/C21H16F3N7O/c22-21(23,24)14-3-1-4-17(11-14)30-20(32)29-16-7-5-15(6-8-16)28-18-12-19(26-13-25-18)31-10-2-9-27-31/h1-13H,(H,25,26,28)(H2,29,30,32). The van der Waals surface area contributed by atoms with E-state index in [1.807, 2.05) is 0 Å². The van der Waals surface area contributed by atoms with E-state index < -0.39 is 17.8 Å². The topological polar surface area (TPSA) is 96.8 Å². The molecule has 0 atom stereocenters. The number of nitrogens with zero attached hydrogens (tertiary/aromatic N) is 4. The second-order valence-corrected chi connectivity index (χ2v) is 6.57. The van der Waals surface area contributed by atoms with Gasteiger partial charge in [0, 0.05) is 35.5 Å². The third-order valence-electron chi connectivity index (χ3n) is 4.25. The smallest absolute Gasteiger partial charge is 0.340 e. The van der Waals surface area contributed by atoms with Crippen molar-refractivity contribution in [2.45, 2.75) is 6.18 Å². The van der Waals surface area contributed by atoms with Gasteiger partial charge in [0.25, 0.3) is 0 Å². The number of aromatic nitrogens is 4. The molecule has 0 spiro atoms. The van der Waals surface area contributed by atoms with Crippen molar-refractivity contribution in [3.05, 3.63) is 84.9 Å². The lowest BCUT2D eigenvalue weighted by molar-refractivity contribution is -0.137. The summed E-state index contributed by atoms with van der Waals surface area (Å²) in [6, 6.07) is 14.0. The van der Waals surface area contributed by atoms with Crippen LogP contribution in [0, 0.1) is 0 Å². The van der Waals surface area contributed by atoms with Crippen molar-refractivity contribution in [3.63, 3.8) is 0 Å². The normalized spacial score (nSPS) is 11.1. The van der Waals surface area contributed by atoms with Crippen LogP contribution in [0.2, 0.25) is 0 Å². The molecule has 0 aliphatic heterocycles. The summed E-state index contributed by atoms with van der Waals surface area (Å²) in [6.07, 6.45) is 0.328. The minimum atomic E-state index is -4.49. The van der Waals surface area contributed by atoms with Gasteiger partial charge in [0.1, 0.15) is 12.1 Å². The molecule has 3 N–H and O–H groups in total. The zero-order chi connectivity index (χ0) is 22.6. The lowest BCUT2D eigenvalue weighted by Crippen LogP contribution is -2.19. The fourth-order valence-corrected chi connectivity index (χ4v) is 2.80. The monoisotopic (exact) mass is 439 g/mol. The molecule has 4 aromatic rings. The third kappa shape index (κ3) is 5.19. The number of amides is 2. The molecule has 2 heterocycles. The maximum absolute atomic E-state index is 12.8. The minimum absolute atomic E-state index is 0.0346. The van der Waals surface area contributed by atoms with Crippen LogP contribution in [0.15, 0.2) is 79.4 Å². The van der Waals surface area contributed by atoms with Crippen LogP contribution in [0.3, 0.4) is 0 Å². The first-order valence-corrected chi connectivity index (χ1v) is 9.31. The first kappa shape index (κ1) is 20.8. The van der Waals surface area contributed by atoms with Gasteiger partial charge < -0.3 is 16.0 Å². The van der Waals surface area contributed by atoms with Crippen LogP contribution in [-0.2, 0) is 6.18 Å². The summed E-state index contributed by atoms with van der Waals surface area (Å²) in [7, 11) is 0. The number of halogens is 3. The fourth-order valence-electron chi connectivity index (χ4n) is 2.80. The second kappa shape index (κ2) is 8.76. The summed E-state index contributed by atoms with van der Waals surface area (Å²) in [5.41, 5.74) is 0.359. The van der Waals surface area contributed by atoms with Gasteiger partial charge in [-0.2, -0.15) is 18.3 Å². The Morgan fingerprint density at radius 1 is 0.875 bits per heavy atom. The van der Waals surface area contributed by atoms with Crippen molar-refractivity contribution >= 4 is 28.9 Å². The van der Waals surface area contributed by atoms with Crippen molar-refractivity contribution < 1.29 is 18.0 Å². The SMILES string of the molecule is O=C(Nc1ccc(Nc2cc(-n3cccn3)ncn2)cc1)Nc1cccc(C(F)(F)F)c1. The number of hydrogen-bond donors (Lipinski definition) is 3. The Morgan fingerprint density at radius 3 is 2.34 bits per heavy atom. The Morgan fingerprint density at radius 2 is 1.62 bits per heavy atom. The van der Waals surface area contributed by atoms with Gasteiger partial charge in [-0.15, -0.1) is 0 Å². The summed E-state index contributed by atoms with van der Waals surface area (Å²) in [5, 5.41) is 12.2. The molecule has 162 valence electrons. The van der Waals surface area contributed by atoms with Crippen LogP contribution in [0.5, 0.6) is 0 Å². The number of carbonyl (C=O) groups is 1. The molecule has 32 heavy (non-hydrogen) atoms. The van der Waals surface area contributed by atoms with E-state index in [2.05, 4.69) is 31.0 Å². The van der Waals surface area contributed by atoms with E-state index in [9.17, 15) is 18.0 Å². The highest BCUT2D eigenvalue weighted by Gasteiger charge is 2.30. The molecule has 0 aliphatic carbocycles. The van der Waals surface area contributed by atoms with Crippen LogP contribution < -0.4 is 16.0 Å². The highest BCUT2D eigenvalue weighted by Crippen LogP contribution is 2.30. The maximum atomic E-state index is 12.8. The first-order valence-electron chi connectivity index (χ1n) is 9.31. The van der Waals surface area contributed by atoms with E-state index in [0.717, 1.165) is 12.1 Å². The first-order chi connectivity index (χ1) is 15.4. The zero-order valence-corrected chi connectivity index (χ0v) is 16.3. The number of rotatable bonds is 5. The molecule has 0 radical (unpaired) electrons. The van der Waals surface area contributed by atoms with Crippen molar-refractivity contribution in [1.82, 2.24) is 19.7 Å². The molecule has 11 heteroatoms. The van der Waals surface area contributed by atoms with Crippen molar-refractivity contribution in [3.8, 4) is 5.82 Å². The molecule has 4 rings (SSSR count). The summed E-state index contributed by atoms with van der Waals surface area (Å²) < 4.78 is 40.0. The summed E-state index contributed by atoms with van der Waals surface area (Å²) in [4.78, 5) is 20.4. The van der Waals surface area contributed by atoms with Gasteiger partial charge in [0.05, 0.1) is 5.56 Å². The van der Waals surface area contributed by atoms with Gasteiger partial charge in [-0.3, -0.25) is 0 Å². The molecule has 0 bridgehead atoms. The molecule has 0 saturated heterocycles. The number of benzene rings is 2. The quantitative estimate of drug-likeness (QED) is 0.404. The summed E-state index contributed by atoms with van der Waals surface area (Å²) in [6.45, 7) is 0. The Labute approximate surface area is 180 Å². The van der Waals surface area contributed by atoms with E-state index in [1.54, 1.807) is 53.5 Å². The minimum Gasteiger partial charge on any atom is -0.340 e. The molecular weight excluding hydrogens is 423 g/mol. The van der Waals surface area contributed by atoms with Gasteiger partial charge in [-0.1, -0.05) is 6.07 Å². The van der Waals surface area contributed by atoms with Crippen LogP contribution in [0.25, 0.3) is 5.82 Å². The number of hydrogen-bond acceptors (Lipinski definition) is 5. The van der Waals surface area contributed by atoms with E-state index in [4.69, 9.17) is 0 Å². The Kier molecular flexibility index (Phi) is 5.71. The number of alkyl halides is 3. The molecule has 2 aromatic carbocycles. The van der Waals surface area contributed by atoms with Crippen LogP contribution in [0.1, 0.15) is 5.56 Å². The van der Waals surface area contributed by atoms with E-state index in [-0.39, 0.29) is 5.69 Å². The Hall–Kier alpha value is -4.41. The molecule has 0 aliphatic rings. The lowest BCUT2D eigenvalue weighted by Gasteiger charge is -2.11. The molecule has 0 fully saturated rings. The van der Waals surface area contributed by atoms with Crippen LogP contribution in [0.4, 0.5) is 40.8 Å². The largest absolute Gasteiger partial charge is 0.416 e. The molecule has 0 saturated carbocycles. The number of carbonyl (C=O) groups excluding carboxylic acids is 1. The lowest BCUT2D eigenvalue weighted by atomic mass is 10.2. The maximum Gasteiger partial charge on any atom is 0.416 e. The molecule has 2 amide bonds. The Bertz CT molecular complexity index is 1210. The van der Waals surface area contributed by atoms with Gasteiger partial charge in [-0.05, 0) is 48.5 Å². The van der Waals surface area contributed by atoms with Crippen LogP contribution in [-0.4, -0.2) is 25.8 Å². The van der Waals surface area contributed by atoms with Gasteiger partial charge >= 0.3 is 12.2 Å². The second-order valence-electron chi connectivity index (χ2n) is 6.57. The average molecular weight is 439 g/mol. The van der Waals surface area contributed by atoms with Gasteiger partial charge in [-0.25, -0.2) is 19.4 Å². The molecule has 0 unspecified atom stereocenters. The Balaban J connectivity index is 1.37. The van der Waals surface area contributed by atoms with Crippen molar-refractivity contribution in [2.24, 2.45) is 0 Å². The van der Waals surface area contributed by atoms with Gasteiger partial charge in [0.15, 0.2) is 5.82 Å². The molecule has 8 nitrogen and oxygen atoms in total. The number of anilines is 4. The highest BCUT2D eigenvalue weighted by atomic mass is 19.4. The van der Waals surface area contributed by atoms with Gasteiger partial charge in [0.2, 0.25) is 0 Å². The van der Waals surface area contributed by atoms with Crippen molar-refractivity contribution in [1.29, 1.82) is 0 Å².